The van der Waals surface area contributed by atoms with Crippen LogP contribution in [0.5, 0.6) is 11.5 Å². The molecule has 0 N–H and O–H groups in total. The summed E-state index contributed by atoms with van der Waals surface area (Å²) < 4.78 is 5.78. The molecule has 118 valence electrons. The van der Waals surface area contributed by atoms with Crippen LogP contribution in [0.4, 0.5) is 0 Å². The molecule has 0 spiro atoms. The molecule has 0 saturated heterocycles. The average molecular weight is 304 g/mol. The van der Waals surface area contributed by atoms with Crippen molar-refractivity contribution < 1.29 is 4.74 Å². The third-order valence-corrected chi connectivity index (χ3v) is 5.06. The third kappa shape index (κ3) is 2.39. The second-order valence-electron chi connectivity index (χ2n) is 6.63. The third-order valence-electron chi connectivity index (χ3n) is 5.06. The van der Waals surface area contributed by atoms with Gasteiger partial charge in [0.05, 0.1) is 0 Å². The largest absolute Gasteiger partial charge is 0.449 e. The predicted molar refractivity (Wildman–Crippen MR) is 98.8 cm³/mol. The van der Waals surface area contributed by atoms with Crippen LogP contribution in [-0.2, 0) is 12.8 Å². The van der Waals surface area contributed by atoms with Crippen LogP contribution < -0.4 is 4.74 Å². The van der Waals surface area contributed by atoms with E-state index in [1.54, 1.807) is 0 Å². The molecule has 0 amide bonds. The van der Waals surface area contributed by atoms with Gasteiger partial charge >= 0.3 is 0 Å². The number of benzene rings is 3. The fourth-order valence-electron chi connectivity index (χ4n) is 3.81. The van der Waals surface area contributed by atoms with Crippen LogP contribution in [-0.4, -0.2) is 0 Å². The molecule has 0 unspecified atom stereocenters. The van der Waals surface area contributed by atoms with E-state index in [0.29, 0.717) is 0 Å². The minimum Gasteiger partial charge on any atom is -0.449 e. The van der Waals surface area contributed by atoms with Crippen molar-refractivity contribution in [2.24, 2.45) is 0 Å². The van der Waals surface area contributed by atoms with E-state index in [2.05, 4.69) is 50.2 Å². The number of hydrogen-bond acceptors (Lipinski definition) is 1. The summed E-state index contributed by atoms with van der Waals surface area (Å²) in [7, 11) is 0. The molecule has 3 aromatic rings. The van der Waals surface area contributed by atoms with Gasteiger partial charge in [-0.15, -0.1) is 0 Å². The Labute approximate surface area is 138 Å². The summed E-state index contributed by atoms with van der Waals surface area (Å²) in [5.74, 6) is 2.21. The molecule has 1 heterocycles. The Hall–Kier alpha value is -2.02. The van der Waals surface area contributed by atoms with Crippen LogP contribution in [0.2, 0.25) is 0 Å². The van der Waals surface area contributed by atoms with Crippen LogP contribution in [0.3, 0.4) is 0 Å². The number of ether oxygens (including phenoxy) is 1. The van der Waals surface area contributed by atoms with Gasteiger partial charge in [-0.05, 0) is 59.0 Å². The first-order valence-electron chi connectivity index (χ1n) is 9.02. The maximum absolute atomic E-state index is 5.78. The molecule has 0 atom stereocenters. The first-order valence-corrected chi connectivity index (χ1v) is 9.02. The van der Waals surface area contributed by atoms with Gasteiger partial charge in [0.1, 0.15) is 0 Å². The molecule has 3 aromatic carbocycles. The van der Waals surface area contributed by atoms with Gasteiger partial charge in [0, 0.05) is 5.39 Å². The van der Waals surface area contributed by atoms with Crippen molar-refractivity contribution in [2.45, 2.75) is 52.4 Å². The van der Waals surface area contributed by atoms with Crippen molar-refractivity contribution in [1.82, 2.24) is 0 Å². The zero-order valence-corrected chi connectivity index (χ0v) is 14.1. The minimum absolute atomic E-state index is 1.08. The Bertz CT molecular complexity index is 876. The second-order valence-corrected chi connectivity index (χ2v) is 6.63. The lowest BCUT2D eigenvalue weighted by molar-refractivity contribution is 0.652. The van der Waals surface area contributed by atoms with Gasteiger partial charge < -0.3 is 4.74 Å². The fraction of sp³-hybridized carbons (Fsp3) is 0.364. The molecule has 0 saturated carbocycles. The summed E-state index contributed by atoms with van der Waals surface area (Å²) >= 11 is 0. The van der Waals surface area contributed by atoms with E-state index in [1.807, 2.05) is 0 Å². The van der Waals surface area contributed by atoms with Gasteiger partial charge in [0.25, 0.3) is 0 Å². The Morgan fingerprint density at radius 1 is 0.739 bits per heavy atom. The first-order chi connectivity index (χ1) is 11.3. The topological polar surface area (TPSA) is 12.5 Å². The van der Waals surface area contributed by atoms with E-state index < -0.39 is 0 Å². The van der Waals surface area contributed by atoms with Gasteiger partial charge in [0.2, 0.25) is 0 Å². The van der Waals surface area contributed by atoms with E-state index in [0.717, 1.165) is 24.3 Å². The Kier molecular flexibility index (Phi) is 3.72. The highest BCUT2D eigenvalue weighted by atomic mass is 16.6. The normalized spacial score (nSPS) is 12.4. The van der Waals surface area contributed by atoms with Crippen molar-refractivity contribution in [3.8, 4) is 11.5 Å². The molecule has 1 aliphatic heterocycles. The van der Waals surface area contributed by atoms with Crippen molar-refractivity contribution >= 4 is 21.5 Å². The molecule has 1 heteroatoms. The number of rotatable bonds is 6. The molecule has 23 heavy (non-hydrogen) atoms. The van der Waals surface area contributed by atoms with Crippen molar-refractivity contribution in [3.63, 3.8) is 0 Å². The van der Waals surface area contributed by atoms with Gasteiger partial charge in [-0.3, -0.25) is 0 Å². The second kappa shape index (κ2) is 5.88. The SMILES string of the molecule is CCCCc1c2ccccc2c(CCCC)c2c3c(ccc12)O3. The summed E-state index contributed by atoms with van der Waals surface area (Å²) in [6, 6.07) is 13.4. The van der Waals surface area contributed by atoms with Crippen LogP contribution in [0.15, 0.2) is 36.4 Å². The quantitative estimate of drug-likeness (QED) is 0.282. The molecule has 0 aromatic heterocycles. The average Bonchev–Trinajstić information content (AvgIpc) is 3.37. The Morgan fingerprint density at radius 3 is 2.09 bits per heavy atom. The highest BCUT2D eigenvalue weighted by Gasteiger charge is 2.27. The predicted octanol–water partition coefficient (Wildman–Crippen LogP) is 6.78. The summed E-state index contributed by atoms with van der Waals surface area (Å²) in [6.07, 6.45) is 7.22. The molecular weight excluding hydrogens is 280 g/mol. The molecular formula is C22H24O. The standard InChI is InChI=1S/C22H24O/c1-3-5-9-16-15-11-7-8-12-17(15)18(10-6-4-2)21-19(16)13-14-20-22(21)23-20/h7-8,11-14H,3-6,9-10H2,1-2H3. The molecule has 0 radical (unpaired) electrons. The lowest BCUT2D eigenvalue weighted by Gasteiger charge is -2.15. The van der Waals surface area contributed by atoms with Crippen LogP contribution in [0, 0.1) is 0 Å². The molecule has 0 bridgehead atoms. The fourth-order valence-corrected chi connectivity index (χ4v) is 3.81. The van der Waals surface area contributed by atoms with Crippen LogP contribution in [0.1, 0.15) is 50.7 Å². The van der Waals surface area contributed by atoms with Gasteiger partial charge in [-0.25, -0.2) is 0 Å². The Balaban J connectivity index is 2.05. The van der Waals surface area contributed by atoms with E-state index in [-0.39, 0.29) is 0 Å². The zero-order chi connectivity index (χ0) is 15.8. The van der Waals surface area contributed by atoms with Crippen molar-refractivity contribution in [2.75, 3.05) is 0 Å². The maximum Gasteiger partial charge on any atom is 0.178 e. The summed E-state index contributed by atoms with van der Waals surface area (Å²) in [5, 5.41) is 5.68. The molecule has 0 fully saturated rings. The monoisotopic (exact) mass is 304 g/mol. The van der Waals surface area contributed by atoms with E-state index in [4.69, 9.17) is 4.74 Å². The minimum atomic E-state index is 1.08. The molecule has 0 aliphatic carbocycles. The van der Waals surface area contributed by atoms with Crippen molar-refractivity contribution in [1.29, 1.82) is 0 Å². The number of aryl methyl sites for hydroxylation is 2. The van der Waals surface area contributed by atoms with E-state index in [1.165, 1.54) is 58.4 Å². The van der Waals surface area contributed by atoms with Crippen molar-refractivity contribution in [3.05, 3.63) is 47.5 Å². The lowest BCUT2D eigenvalue weighted by Crippen LogP contribution is -1.96. The summed E-state index contributed by atoms with van der Waals surface area (Å²) in [6.45, 7) is 4.53. The zero-order valence-electron chi connectivity index (χ0n) is 14.1. The van der Waals surface area contributed by atoms with E-state index in [9.17, 15) is 0 Å². The van der Waals surface area contributed by atoms with E-state index >= 15 is 0 Å². The maximum atomic E-state index is 5.78. The van der Waals surface area contributed by atoms with Gasteiger partial charge in [0.15, 0.2) is 11.5 Å². The van der Waals surface area contributed by atoms with Gasteiger partial charge in [-0.1, -0.05) is 57.0 Å². The highest BCUT2D eigenvalue weighted by molar-refractivity contribution is 6.10. The molecule has 4 rings (SSSR count). The molecule has 1 nitrogen and oxygen atoms in total. The Morgan fingerprint density at radius 2 is 1.39 bits per heavy atom. The first kappa shape index (κ1) is 14.6. The highest BCUT2D eigenvalue weighted by Crippen LogP contribution is 2.53. The summed E-state index contributed by atoms with van der Waals surface area (Å²) in [5.41, 5.74) is 3.00. The number of fused-ring (bicyclic) bond motifs is 4. The number of unbranched alkanes of at least 4 members (excludes halogenated alkanes) is 2. The lowest BCUT2D eigenvalue weighted by atomic mass is 9.88. The van der Waals surface area contributed by atoms with Gasteiger partial charge in [-0.2, -0.15) is 0 Å². The van der Waals surface area contributed by atoms with Crippen LogP contribution >= 0.6 is 0 Å². The summed E-state index contributed by atoms with van der Waals surface area (Å²) in [4.78, 5) is 0. The van der Waals surface area contributed by atoms with Crippen LogP contribution in [0.25, 0.3) is 21.5 Å². The molecule has 1 aliphatic rings. The smallest absolute Gasteiger partial charge is 0.178 e. The number of hydrogen-bond donors (Lipinski definition) is 0.